The summed E-state index contributed by atoms with van der Waals surface area (Å²) in [5, 5.41) is 10.4. The summed E-state index contributed by atoms with van der Waals surface area (Å²) in [6, 6.07) is 19.4. The Hall–Kier alpha value is -4.03. The number of carbonyl (C=O) groups excluding carboxylic acids is 4. The van der Waals surface area contributed by atoms with E-state index in [0.717, 1.165) is 17.3 Å². The third-order valence-corrected chi connectivity index (χ3v) is 11.7. The summed E-state index contributed by atoms with van der Waals surface area (Å²) in [6.45, 7) is 12.6. The number of ether oxygens (including phenoxy) is 4. The molecular formula is C31H40O11Si. The molecule has 1 N–H and O–H groups in total. The van der Waals surface area contributed by atoms with Gasteiger partial charge in [-0.15, -0.1) is 0 Å². The molecule has 0 aliphatic carbocycles. The van der Waals surface area contributed by atoms with E-state index in [2.05, 4.69) is 25.5 Å². The average molecular weight is 617 g/mol. The lowest BCUT2D eigenvalue weighted by Gasteiger charge is -2.44. The Bertz CT molecular complexity index is 1230. The van der Waals surface area contributed by atoms with Crippen LogP contribution in [-0.2, 0) is 47.3 Å². The molecule has 0 saturated carbocycles. The van der Waals surface area contributed by atoms with Crippen LogP contribution in [0.25, 0.3) is 0 Å². The smallest absolute Gasteiger partial charge is 0.347 e. The van der Waals surface area contributed by atoms with Gasteiger partial charge in [0.05, 0.1) is 0 Å². The number of aliphatic carboxylic acids is 1. The summed E-state index contributed by atoms with van der Waals surface area (Å²) in [7, 11) is -3.08. The normalized spacial score (nSPS) is 15.2. The van der Waals surface area contributed by atoms with Crippen LogP contribution in [0.3, 0.4) is 0 Å². The van der Waals surface area contributed by atoms with Crippen molar-refractivity contribution in [2.24, 2.45) is 0 Å². The maximum Gasteiger partial charge on any atom is 0.347 e. The fraction of sp³-hybridized carbons (Fsp3) is 0.452. The van der Waals surface area contributed by atoms with Gasteiger partial charge in [0.1, 0.15) is 6.10 Å². The zero-order valence-electron chi connectivity index (χ0n) is 25.7. The van der Waals surface area contributed by atoms with Gasteiger partial charge in [0.25, 0.3) is 8.32 Å². The molecule has 0 heterocycles. The summed E-state index contributed by atoms with van der Waals surface area (Å²) in [4.78, 5) is 61.0. The summed E-state index contributed by atoms with van der Waals surface area (Å²) in [6.07, 6.45) is -6.82. The number of carbonyl (C=O) groups is 5. The summed E-state index contributed by atoms with van der Waals surface area (Å²) in [5.74, 6) is -5.35. The molecule has 0 radical (unpaired) electrons. The number of benzene rings is 2. The monoisotopic (exact) mass is 616 g/mol. The largest absolute Gasteiger partial charge is 0.479 e. The Kier molecular flexibility index (Phi) is 12.2. The molecule has 0 saturated heterocycles. The molecule has 234 valence electrons. The van der Waals surface area contributed by atoms with Crippen molar-refractivity contribution in [2.75, 3.05) is 0 Å². The summed E-state index contributed by atoms with van der Waals surface area (Å²) in [5.41, 5.74) is 0. The van der Waals surface area contributed by atoms with Crippen LogP contribution in [0.15, 0.2) is 60.7 Å². The molecule has 43 heavy (non-hydrogen) atoms. The number of esters is 4. The van der Waals surface area contributed by atoms with Gasteiger partial charge in [0, 0.05) is 0 Å². The predicted molar refractivity (Wildman–Crippen MR) is 158 cm³/mol. The first-order chi connectivity index (χ1) is 20.0. The highest BCUT2D eigenvalue weighted by molar-refractivity contribution is 6.99. The van der Waals surface area contributed by atoms with Crippen molar-refractivity contribution >= 4 is 48.5 Å². The van der Waals surface area contributed by atoms with E-state index in [1.165, 1.54) is 20.8 Å². The molecule has 5 atom stereocenters. The zero-order chi connectivity index (χ0) is 32.5. The number of carboxylic acid groups (broad SMARTS) is 1. The van der Waals surface area contributed by atoms with Crippen molar-refractivity contribution in [1.82, 2.24) is 0 Å². The third-order valence-electron chi connectivity index (χ3n) is 6.62. The van der Waals surface area contributed by atoms with Crippen LogP contribution in [0.1, 0.15) is 55.4 Å². The van der Waals surface area contributed by atoms with Crippen LogP contribution in [-0.4, -0.2) is 73.8 Å². The lowest BCUT2D eigenvalue weighted by molar-refractivity contribution is -0.185. The van der Waals surface area contributed by atoms with Crippen molar-refractivity contribution in [3.63, 3.8) is 0 Å². The van der Waals surface area contributed by atoms with Crippen LogP contribution in [0.2, 0.25) is 5.04 Å². The average Bonchev–Trinajstić information content (AvgIpc) is 2.95. The summed E-state index contributed by atoms with van der Waals surface area (Å²) < 4.78 is 26.7. The van der Waals surface area contributed by atoms with Crippen LogP contribution in [0.4, 0.5) is 0 Å². The SMILES string of the molecule is C[C@H](O[Si](c1ccccc1)(c1ccccc1)C(C)(C)C)C(=O)O[C@H](C)C(=O)O[C@H](C)C(=O)O[C@H](C)C(=O)O[C@H](C)C(=O)O. The fourth-order valence-corrected chi connectivity index (χ4v) is 8.92. The van der Waals surface area contributed by atoms with E-state index < -0.39 is 73.7 Å². The topological polar surface area (TPSA) is 152 Å². The zero-order valence-corrected chi connectivity index (χ0v) is 26.7. The van der Waals surface area contributed by atoms with E-state index in [4.69, 9.17) is 23.7 Å². The minimum Gasteiger partial charge on any atom is -0.479 e. The van der Waals surface area contributed by atoms with E-state index in [-0.39, 0.29) is 0 Å². The minimum atomic E-state index is -3.08. The van der Waals surface area contributed by atoms with Gasteiger partial charge in [-0.05, 0) is 50.0 Å². The Morgan fingerprint density at radius 2 is 0.860 bits per heavy atom. The molecule has 11 nitrogen and oxygen atoms in total. The molecule has 2 aromatic carbocycles. The highest BCUT2D eigenvalue weighted by Crippen LogP contribution is 2.37. The second-order valence-electron chi connectivity index (χ2n) is 11.1. The maximum absolute atomic E-state index is 13.2. The molecule has 2 rings (SSSR count). The maximum atomic E-state index is 13.2. The highest BCUT2D eigenvalue weighted by Gasteiger charge is 2.52. The second-order valence-corrected chi connectivity index (χ2v) is 15.3. The standard InChI is InChI=1S/C31H40O11Si/c1-19(26(32)33)38-27(34)20(2)39-28(35)21(3)40-29(36)22(4)41-30(37)23(5)42-43(31(6,7)8,24-15-11-9-12-16-24)25-17-13-10-14-18-25/h9-23H,1-8H3,(H,32,33)/t19-,20-,21-,22-,23+/m1/s1. The number of hydrogen-bond acceptors (Lipinski definition) is 10. The van der Waals surface area contributed by atoms with Crippen molar-refractivity contribution in [2.45, 2.75) is 90.9 Å². The molecule has 0 unspecified atom stereocenters. The molecule has 0 amide bonds. The molecule has 0 aliphatic rings. The minimum absolute atomic E-state index is 0.403. The Labute approximate surface area is 252 Å². The molecule has 0 bridgehead atoms. The van der Waals surface area contributed by atoms with Gasteiger partial charge >= 0.3 is 29.8 Å². The van der Waals surface area contributed by atoms with Gasteiger partial charge in [0.2, 0.25) is 0 Å². The molecule has 0 fully saturated rings. The van der Waals surface area contributed by atoms with Crippen LogP contribution < -0.4 is 10.4 Å². The van der Waals surface area contributed by atoms with Crippen molar-refractivity contribution in [3.05, 3.63) is 60.7 Å². The van der Waals surface area contributed by atoms with Gasteiger partial charge in [-0.3, -0.25) is 0 Å². The van der Waals surface area contributed by atoms with E-state index in [9.17, 15) is 24.0 Å². The van der Waals surface area contributed by atoms with Gasteiger partial charge in [-0.1, -0.05) is 81.4 Å². The lowest BCUT2D eigenvalue weighted by Crippen LogP contribution is -2.68. The van der Waals surface area contributed by atoms with Gasteiger partial charge in [0.15, 0.2) is 24.4 Å². The molecule has 0 aliphatic heterocycles. The van der Waals surface area contributed by atoms with Gasteiger partial charge in [-0.2, -0.15) is 0 Å². The number of carboxylic acids is 1. The van der Waals surface area contributed by atoms with Crippen molar-refractivity contribution in [3.8, 4) is 0 Å². The van der Waals surface area contributed by atoms with Gasteiger partial charge < -0.3 is 28.5 Å². The predicted octanol–water partition coefficient (Wildman–Crippen LogP) is 2.76. The highest BCUT2D eigenvalue weighted by atomic mass is 28.4. The van der Waals surface area contributed by atoms with E-state index in [0.29, 0.717) is 0 Å². The second kappa shape index (κ2) is 14.9. The first-order valence-corrected chi connectivity index (χ1v) is 15.8. The third kappa shape index (κ3) is 8.98. The number of rotatable bonds is 13. The van der Waals surface area contributed by atoms with E-state index >= 15 is 0 Å². The first kappa shape index (κ1) is 35.2. The van der Waals surface area contributed by atoms with Crippen molar-refractivity contribution < 1.29 is 52.5 Å². The Morgan fingerprint density at radius 1 is 0.558 bits per heavy atom. The lowest BCUT2D eigenvalue weighted by atomic mass is 10.2. The molecular weight excluding hydrogens is 576 g/mol. The molecule has 12 heteroatoms. The van der Waals surface area contributed by atoms with Crippen molar-refractivity contribution in [1.29, 1.82) is 0 Å². The van der Waals surface area contributed by atoms with Crippen LogP contribution in [0.5, 0.6) is 0 Å². The molecule has 0 spiro atoms. The first-order valence-electron chi connectivity index (χ1n) is 13.8. The number of hydrogen-bond donors (Lipinski definition) is 1. The van der Waals surface area contributed by atoms with Gasteiger partial charge in [-0.25, -0.2) is 24.0 Å². The van der Waals surface area contributed by atoms with Crippen LogP contribution >= 0.6 is 0 Å². The quantitative estimate of drug-likeness (QED) is 0.201. The van der Waals surface area contributed by atoms with Crippen LogP contribution in [0, 0.1) is 0 Å². The van der Waals surface area contributed by atoms with E-state index in [1.807, 2.05) is 60.7 Å². The molecule has 0 aromatic heterocycles. The van der Waals surface area contributed by atoms with E-state index in [1.54, 1.807) is 6.92 Å². The summed E-state index contributed by atoms with van der Waals surface area (Å²) >= 11 is 0. The fourth-order valence-electron chi connectivity index (χ4n) is 4.28. The Balaban J connectivity index is 2.10. The Morgan fingerprint density at radius 3 is 1.16 bits per heavy atom. The molecule has 2 aromatic rings.